The van der Waals surface area contributed by atoms with E-state index in [0.29, 0.717) is 12.1 Å². The second-order valence-electron chi connectivity index (χ2n) is 5.08. The van der Waals surface area contributed by atoms with Crippen molar-refractivity contribution in [2.45, 2.75) is 0 Å². The Morgan fingerprint density at radius 2 is 0.939 bits per heavy atom. The van der Waals surface area contributed by atoms with Gasteiger partial charge >= 0.3 is 34.3 Å². The number of carboxylic acids is 4. The van der Waals surface area contributed by atoms with Crippen LogP contribution in [0.5, 0.6) is 0 Å². The number of anilines is 1. The molecule has 2 aromatic rings. The van der Waals surface area contributed by atoms with E-state index in [1.54, 1.807) is 0 Å². The number of carbonyl (C=O) groups is 4. The highest BCUT2D eigenvalue weighted by Crippen LogP contribution is 2.18. The van der Waals surface area contributed by atoms with Crippen molar-refractivity contribution < 1.29 is 62.2 Å². The molecular weight excluding hydrogens is 474 g/mol. The lowest BCUT2D eigenvalue weighted by atomic mass is 9.98. The van der Waals surface area contributed by atoms with E-state index < -0.39 is 56.5 Å². The van der Waals surface area contributed by atoms with Crippen LogP contribution in [0, 0.1) is 0 Å². The molecule has 0 aliphatic heterocycles. The summed E-state index contributed by atoms with van der Waals surface area (Å²) >= 11 is 0. The Morgan fingerprint density at radius 1 is 0.697 bits per heavy atom. The zero-order chi connectivity index (χ0) is 24.4. The van der Waals surface area contributed by atoms with Crippen molar-refractivity contribution in [3.63, 3.8) is 0 Å². The first-order valence-corrected chi connectivity index (χ1v) is 8.80. The van der Waals surface area contributed by atoms with E-state index in [9.17, 15) is 19.2 Å². The number of nitrogen functional groups attached to an aromatic ring is 1. The van der Waals surface area contributed by atoms with Gasteiger partial charge in [0.15, 0.2) is 0 Å². The molecule has 2 aromatic carbocycles. The standard InChI is InChI=1S/C10H6O8.C6H7N.2H3N.H2O5S/c11-7(12)3-1-4(8(13)14)6(10(17)18)2-5(3)9(15)16;7-6-4-2-1-3-5-6;;;1-5-6(2,3)4/h1-2H,(H,11,12)(H,13,14)(H,15,16)(H,17,18);1-5H,7H2;2*1H3;1H,(H,2,3,4). The van der Waals surface area contributed by atoms with E-state index in [-0.39, 0.29) is 12.3 Å². The summed E-state index contributed by atoms with van der Waals surface area (Å²) < 4.78 is 28.0. The summed E-state index contributed by atoms with van der Waals surface area (Å²) in [5.74, 6) is -6.64. The largest absolute Gasteiger partial charge is 0.478 e. The second-order valence-corrected chi connectivity index (χ2v) is 6.08. The maximum absolute atomic E-state index is 10.8. The number of hydrogen-bond donors (Lipinski definition) is 9. The van der Waals surface area contributed by atoms with Crippen LogP contribution in [0.15, 0.2) is 42.5 Å². The normalized spacial score (nSPS) is 9.27. The summed E-state index contributed by atoms with van der Waals surface area (Å²) in [6.07, 6.45) is 0. The van der Waals surface area contributed by atoms with E-state index >= 15 is 0 Å². The number of para-hydroxylation sites is 1. The third kappa shape index (κ3) is 12.3. The fourth-order valence-corrected chi connectivity index (χ4v) is 1.76. The topological polar surface area (TPSA) is 329 Å². The average Bonchev–Trinajstić information content (AvgIpc) is 2.67. The average molecular weight is 495 g/mol. The van der Waals surface area contributed by atoms with Crippen LogP contribution in [0.25, 0.3) is 0 Å². The second kappa shape index (κ2) is 14.8. The SMILES string of the molecule is N.N.Nc1ccccc1.O=C(O)c1cc(C(=O)O)c(C(=O)O)cc1C(=O)O.O=S(=O)(O)OO. The molecule has 0 spiro atoms. The molecule has 2 rings (SSSR count). The quantitative estimate of drug-likeness (QED) is 0.122. The highest BCUT2D eigenvalue weighted by atomic mass is 32.3. The maximum atomic E-state index is 10.8. The van der Waals surface area contributed by atoms with Crippen molar-refractivity contribution in [1.82, 2.24) is 12.3 Å². The van der Waals surface area contributed by atoms with E-state index in [1.807, 2.05) is 30.3 Å². The minimum atomic E-state index is -4.61. The van der Waals surface area contributed by atoms with Gasteiger partial charge in [-0.2, -0.15) is 8.42 Å². The molecule has 17 heteroatoms. The zero-order valence-corrected chi connectivity index (χ0v) is 17.3. The molecule has 0 saturated heterocycles. The summed E-state index contributed by atoms with van der Waals surface area (Å²) in [5.41, 5.74) is 3.03. The molecule has 0 unspecified atom stereocenters. The number of hydrogen-bond acceptors (Lipinski definition) is 11. The van der Waals surface area contributed by atoms with Crippen molar-refractivity contribution in [2.75, 3.05) is 5.73 Å². The summed E-state index contributed by atoms with van der Waals surface area (Å²) in [7, 11) is -4.61. The Hall–Kier alpha value is -4.13. The fourth-order valence-electron chi connectivity index (χ4n) is 1.76. The molecule has 0 amide bonds. The molecule has 0 heterocycles. The third-order valence-corrected chi connectivity index (χ3v) is 3.16. The molecule has 0 atom stereocenters. The molecule has 0 radical (unpaired) electrons. The van der Waals surface area contributed by atoms with Gasteiger partial charge in [-0.25, -0.2) is 24.4 Å². The van der Waals surface area contributed by atoms with Crippen molar-refractivity contribution in [2.24, 2.45) is 0 Å². The molecule has 0 fully saturated rings. The van der Waals surface area contributed by atoms with Crippen LogP contribution < -0.4 is 18.0 Å². The Balaban J connectivity index is -0.000000496. The summed E-state index contributed by atoms with van der Waals surface area (Å²) in [6.45, 7) is 0. The van der Waals surface area contributed by atoms with E-state index in [1.165, 1.54) is 0 Å². The van der Waals surface area contributed by atoms with Crippen LogP contribution in [-0.2, 0) is 14.7 Å². The first-order chi connectivity index (χ1) is 14.2. The summed E-state index contributed by atoms with van der Waals surface area (Å²) in [5, 5.41) is 42.1. The first-order valence-electron chi connectivity index (χ1n) is 7.43. The monoisotopic (exact) mass is 495 g/mol. The van der Waals surface area contributed by atoms with E-state index in [0.717, 1.165) is 5.69 Å². The first kappa shape index (κ1) is 33.5. The smallest absolute Gasteiger partial charge is 0.423 e. The maximum Gasteiger partial charge on any atom is 0.423 e. The van der Waals surface area contributed by atoms with Gasteiger partial charge in [-0.1, -0.05) is 22.5 Å². The van der Waals surface area contributed by atoms with Gasteiger partial charge < -0.3 is 38.5 Å². The molecule has 16 nitrogen and oxygen atoms in total. The molecule has 0 bridgehead atoms. The molecule has 0 saturated carbocycles. The minimum Gasteiger partial charge on any atom is -0.478 e. The third-order valence-electron chi connectivity index (χ3n) is 2.97. The van der Waals surface area contributed by atoms with Gasteiger partial charge in [0.05, 0.1) is 22.3 Å². The molecule has 0 aliphatic carbocycles. The van der Waals surface area contributed by atoms with Gasteiger partial charge in [-0.15, -0.1) is 0 Å². The van der Waals surface area contributed by atoms with Crippen molar-refractivity contribution in [3.8, 4) is 0 Å². The lowest BCUT2D eigenvalue weighted by Crippen LogP contribution is -2.15. The Bertz CT molecular complexity index is 974. The molecule has 0 aliphatic rings. The molecule has 184 valence electrons. The lowest BCUT2D eigenvalue weighted by molar-refractivity contribution is -0.139. The Kier molecular flexibility index (Phi) is 15.0. The van der Waals surface area contributed by atoms with Crippen LogP contribution in [0.3, 0.4) is 0 Å². The number of carboxylic acid groups (broad SMARTS) is 4. The van der Waals surface area contributed by atoms with Gasteiger partial charge in [-0.3, -0.25) is 4.55 Å². The Morgan fingerprint density at radius 3 is 1.06 bits per heavy atom. The predicted molar refractivity (Wildman–Crippen MR) is 110 cm³/mol. The van der Waals surface area contributed by atoms with Gasteiger partial charge in [0.1, 0.15) is 0 Å². The summed E-state index contributed by atoms with van der Waals surface area (Å²) in [4.78, 5) is 43.1. The van der Waals surface area contributed by atoms with E-state index in [2.05, 4.69) is 4.33 Å². The Labute approximate surface area is 185 Å². The predicted octanol–water partition coefficient (Wildman–Crippen LogP) is 1.35. The van der Waals surface area contributed by atoms with Gasteiger partial charge in [0.25, 0.3) is 0 Å². The molecule has 33 heavy (non-hydrogen) atoms. The van der Waals surface area contributed by atoms with Gasteiger partial charge in [0.2, 0.25) is 0 Å². The van der Waals surface area contributed by atoms with Crippen LogP contribution in [0.2, 0.25) is 0 Å². The highest BCUT2D eigenvalue weighted by Gasteiger charge is 2.24. The zero-order valence-electron chi connectivity index (χ0n) is 16.5. The number of aromatic carboxylic acids is 4. The number of rotatable bonds is 5. The highest BCUT2D eigenvalue weighted by molar-refractivity contribution is 7.80. The van der Waals surface area contributed by atoms with Gasteiger partial charge in [-0.05, 0) is 24.3 Å². The number of nitrogens with two attached hydrogens (primary N) is 1. The van der Waals surface area contributed by atoms with Crippen molar-refractivity contribution in [1.29, 1.82) is 0 Å². The van der Waals surface area contributed by atoms with Crippen LogP contribution in [0.1, 0.15) is 41.4 Å². The van der Waals surface area contributed by atoms with Gasteiger partial charge in [0, 0.05) is 5.69 Å². The number of benzene rings is 2. The lowest BCUT2D eigenvalue weighted by Gasteiger charge is -2.06. The van der Waals surface area contributed by atoms with Crippen LogP contribution in [-0.4, -0.2) is 62.5 Å². The molecule has 14 N–H and O–H groups in total. The van der Waals surface area contributed by atoms with Crippen LogP contribution >= 0.6 is 0 Å². The van der Waals surface area contributed by atoms with E-state index in [4.69, 9.17) is 44.4 Å². The molecular formula is C16H21N3O13S. The van der Waals surface area contributed by atoms with Crippen molar-refractivity contribution >= 4 is 40.0 Å². The minimum absolute atomic E-state index is 0. The summed E-state index contributed by atoms with van der Waals surface area (Å²) in [6, 6.07) is 10.5. The van der Waals surface area contributed by atoms with Crippen LogP contribution in [0.4, 0.5) is 5.69 Å². The van der Waals surface area contributed by atoms with Crippen molar-refractivity contribution in [3.05, 3.63) is 64.7 Å². The molecule has 0 aromatic heterocycles. The fraction of sp³-hybridized carbons (Fsp3) is 0.